The van der Waals surface area contributed by atoms with Crippen molar-refractivity contribution in [1.82, 2.24) is 5.32 Å². The van der Waals surface area contributed by atoms with Gasteiger partial charge in [0.1, 0.15) is 11.9 Å². The van der Waals surface area contributed by atoms with Gasteiger partial charge in [-0.2, -0.15) is 0 Å². The predicted octanol–water partition coefficient (Wildman–Crippen LogP) is 7.40. The minimum absolute atomic E-state index is 0.103. The summed E-state index contributed by atoms with van der Waals surface area (Å²) in [7, 11) is 0. The molecule has 0 saturated heterocycles. The van der Waals surface area contributed by atoms with Gasteiger partial charge >= 0.3 is 6.03 Å². The Hall–Kier alpha value is -2.69. The van der Waals surface area contributed by atoms with E-state index in [0.29, 0.717) is 22.3 Å². The molecule has 31 heavy (non-hydrogen) atoms. The Morgan fingerprint density at radius 3 is 2.35 bits per heavy atom. The van der Waals surface area contributed by atoms with E-state index in [-0.39, 0.29) is 18.1 Å². The molecule has 0 aromatic heterocycles. The lowest BCUT2D eigenvalue weighted by molar-refractivity contribution is 0.152. The van der Waals surface area contributed by atoms with Gasteiger partial charge in [0.15, 0.2) is 0 Å². The third-order valence-corrected chi connectivity index (χ3v) is 5.51. The van der Waals surface area contributed by atoms with Crippen molar-refractivity contribution < 1.29 is 9.53 Å². The highest BCUT2D eigenvalue weighted by atomic mass is 35.5. The topological polar surface area (TPSA) is 50.4 Å². The molecule has 0 radical (unpaired) electrons. The van der Waals surface area contributed by atoms with E-state index in [9.17, 15) is 4.79 Å². The summed E-state index contributed by atoms with van der Waals surface area (Å²) in [4.78, 5) is 12.3. The molecule has 0 saturated carbocycles. The monoisotopic (exact) mass is 456 g/mol. The first-order chi connectivity index (χ1) is 14.8. The number of anilines is 1. The second-order valence-corrected chi connectivity index (χ2v) is 8.56. The minimum Gasteiger partial charge on any atom is -0.485 e. The van der Waals surface area contributed by atoms with Crippen LogP contribution in [-0.4, -0.2) is 6.03 Å². The number of hydrogen-bond donors (Lipinski definition) is 2. The van der Waals surface area contributed by atoms with E-state index >= 15 is 0 Å². The molecule has 3 rings (SSSR count). The highest BCUT2D eigenvalue weighted by molar-refractivity contribution is 6.31. The first kappa shape index (κ1) is 23.0. The van der Waals surface area contributed by atoms with Crippen molar-refractivity contribution in [1.29, 1.82) is 0 Å². The van der Waals surface area contributed by atoms with Crippen LogP contribution in [0.1, 0.15) is 36.6 Å². The van der Waals surface area contributed by atoms with E-state index in [1.807, 2.05) is 67.6 Å². The number of amides is 2. The molecule has 2 amide bonds. The van der Waals surface area contributed by atoms with Gasteiger partial charge in [-0.25, -0.2) is 4.79 Å². The van der Waals surface area contributed by atoms with E-state index in [0.717, 1.165) is 22.4 Å². The molecule has 2 N–H and O–H groups in total. The Balaban J connectivity index is 1.64. The largest absolute Gasteiger partial charge is 0.485 e. The Bertz CT molecular complexity index is 1040. The number of carbonyl (C=O) groups is 1. The van der Waals surface area contributed by atoms with Crippen LogP contribution in [0.5, 0.6) is 5.75 Å². The third-order valence-electron chi connectivity index (χ3n) is 4.89. The summed E-state index contributed by atoms with van der Waals surface area (Å²) in [6.07, 6.45) is -0.103. The van der Waals surface area contributed by atoms with Gasteiger partial charge in [0.2, 0.25) is 0 Å². The third kappa shape index (κ3) is 6.39. The van der Waals surface area contributed by atoms with Gasteiger partial charge in [0, 0.05) is 22.3 Å². The van der Waals surface area contributed by atoms with Crippen LogP contribution in [-0.2, 0) is 6.54 Å². The van der Waals surface area contributed by atoms with Gasteiger partial charge in [-0.1, -0.05) is 67.4 Å². The van der Waals surface area contributed by atoms with Crippen LogP contribution in [0.4, 0.5) is 10.5 Å². The summed E-state index contributed by atoms with van der Waals surface area (Å²) < 4.78 is 6.33. The zero-order valence-corrected chi connectivity index (χ0v) is 19.3. The van der Waals surface area contributed by atoms with E-state index < -0.39 is 0 Å². The molecule has 0 fully saturated rings. The Kier molecular flexibility index (Phi) is 7.83. The van der Waals surface area contributed by atoms with Crippen LogP contribution < -0.4 is 15.4 Å². The zero-order valence-electron chi connectivity index (χ0n) is 17.8. The van der Waals surface area contributed by atoms with Crippen LogP contribution in [0.3, 0.4) is 0 Å². The number of nitrogens with one attached hydrogen (secondary N) is 2. The molecule has 0 aliphatic carbocycles. The molecular formula is C25H26Cl2N2O2. The molecule has 6 heteroatoms. The van der Waals surface area contributed by atoms with E-state index in [1.165, 1.54) is 0 Å². The van der Waals surface area contributed by atoms with Crippen molar-refractivity contribution in [3.63, 3.8) is 0 Å². The zero-order chi connectivity index (χ0) is 22.4. The molecule has 162 valence electrons. The SMILES string of the molecule is Cc1cc(NC(=O)NCc2ccccc2Cl)ccc1OC(c1ccc(Cl)cc1)C(C)C. The lowest BCUT2D eigenvalue weighted by Gasteiger charge is -2.24. The van der Waals surface area contributed by atoms with Crippen molar-refractivity contribution in [2.45, 2.75) is 33.4 Å². The van der Waals surface area contributed by atoms with E-state index in [1.54, 1.807) is 6.07 Å². The molecule has 0 aliphatic heterocycles. The Morgan fingerprint density at radius 1 is 1.00 bits per heavy atom. The van der Waals surface area contributed by atoms with Gasteiger partial charge in [-0.3, -0.25) is 0 Å². The first-order valence-electron chi connectivity index (χ1n) is 10.1. The van der Waals surface area contributed by atoms with Gasteiger partial charge < -0.3 is 15.4 Å². The fourth-order valence-corrected chi connectivity index (χ4v) is 3.56. The number of rotatable bonds is 7. The van der Waals surface area contributed by atoms with Crippen LogP contribution in [0.15, 0.2) is 66.7 Å². The summed E-state index contributed by atoms with van der Waals surface area (Å²) in [6, 6.07) is 20.4. The summed E-state index contributed by atoms with van der Waals surface area (Å²) in [5.74, 6) is 1.05. The molecule has 4 nitrogen and oxygen atoms in total. The van der Waals surface area contributed by atoms with Crippen molar-refractivity contribution in [3.8, 4) is 5.75 Å². The molecular weight excluding hydrogens is 431 g/mol. The van der Waals surface area contributed by atoms with Crippen molar-refractivity contribution in [2.75, 3.05) is 5.32 Å². The Morgan fingerprint density at radius 2 is 1.71 bits per heavy atom. The maximum absolute atomic E-state index is 12.3. The average Bonchev–Trinajstić information content (AvgIpc) is 2.73. The number of halogens is 2. The fourth-order valence-electron chi connectivity index (χ4n) is 3.23. The van der Waals surface area contributed by atoms with Crippen molar-refractivity contribution in [3.05, 3.63) is 93.5 Å². The molecule has 0 aliphatic rings. The number of hydrogen-bond acceptors (Lipinski definition) is 2. The highest BCUT2D eigenvalue weighted by Crippen LogP contribution is 2.32. The van der Waals surface area contributed by atoms with Crippen molar-refractivity contribution in [2.24, 2.45) is 5.92 Å². The van der Waals surface area contributed by atoms with E-state index in [4.69, 9.17) is 27.9 Å². The average molecular weight is 457 g/mol. The molecule has 0 spiro atoms. The second kappa shape index (κ2) is 10.6. The number of aryl methyl sites for hydroxylation is 1. The minimum atomic E-state index is -0.297. The second-order valence-electron chi connectivity index (χ2n) is 7.71. The molecule has 1 atom stereocenters. The summed E-state index contributed by atoms with van der Waals surface area (Å²) >= 11 is 12.1. The van der Waals surface area contributed by atoms with Gasteiger partial charge in [-0.15, -0.1) is 0 Å². The van der Waals surface area contributed by atoms with Gasteiger partial charge in [0.05, 0.1) is 0 Å². The number of urea groups is 1. The molecule has 3 aromatic rings. The fraction of sp³-hybridized carbons (Fsp3) is 0.240. The van der Waals surface area contributed by atoms with Crippen LogP contribution in [0.2, 0.25) is 10.0 Å². The van der Waals surface area contributed by atoms with Gasteiger partial charge in [0.25, 0.3) is 0 Å². The molecule has 1 unspecified atom stereocenters. The van der Waals surface area contributed by atoms with Crippen LogP contribution >= 0.6 is 23.2 Å². The normalized spacial score (nSPS) is 11.8. The quantitative estimate of drug-likeness (QED) is 0.388. The first-order valence-corrected chi connectivity index (χ1v) is 10.9. The Labute approximate surface area is 193 Å². The predicted molar refractivity (Wildman–Crippen MR) is 128 cm³/mol. The number of benzene rings is 3. The summed E-state index contributed by atoms with van der Waals surface area (Å²) in [6.45, 7) is 6.55. The smallest absolute Gasteiger partial charge is 0.319 e. The standard InChI is InChI=1S/C25H26Cl2N2O2/c1-16(2)24(18-8-10-20(26)11-9-18)31-23-13-12-21(14-17(23)3)29-25(30)28-15-19-6-4-5-7-22(19)27/h4-14,16,24H,15H2,1-3H3,(H2,28,29,30). The number of carbonyl (C=O) groups excluding carboxylic acids is 1. The summed E-state index contributed by atoms with van der Waals surface area (Å²) in [5, 5.41) is 6.99. The van der Waals surface area contributed by atoms with Crippen molar-refractivity contribution >= 4 is 34.9 Å². The van der Waals surface area contributed by atoms with Crippen LogP contribution in [0, 0.1) is 12.8 Å². The molecule has 0 bridgehead atoms. The molecule has 0 heterocycles. The maximum Gasteiger partial charge on any atom is 0.319 e. The maximum atomic E-state index is 12.3. The highest BCUT2D eigenvalue weighted by Gasteiger charge is 2.19. The van der Waals surface area contributed by atoms with E-state index in [2.05, 4.69) is 24.5 Å². The van der Waals surface area contributed by atoms with Gasteiger partial charge in [-0.05, 0) is 65.9 Å². The summed E-state index contributed by atoms with van der Waals surface area (Å²) in [5.41, 5.74) is 3.55. The lowest BCUT2D eigenvalue weighted by Crippen LogP contribution is -2.28. The molecule has 3 aromatic carbocycles. The number of ether oxygens (including phenoxy) is 1. The lowest BCUT2D eigenvalue weighted by atomic mass is 9.99. The van der Waals surface area contributed by atoms with Crippen LogP contribution in [0.25, 0.3) is 0 Å².